The number of imidazole rings is 1. The zero-order valence-corrected chi connectivity index (χ0v) is 13.4. The lowest BCUT2D eigenvalue weighted by Crippen LogP contribution is -2.26. The van der Waals surface area contributed by atoms with Gasteiger partial charge < -0.3 is 10.1 Å². The maximum atomic E-state index is 13.0. The van der Waals surface area contributed by atoms with E-state index in [2.05, 4.69) is 9.97 Å². The molecule has 1 saturated carbocycles. The smallest absolute Gasteiger partial charge is 0.123 e. The second-order valence-corrected chi connectivity index (χ2v) is 6.32. The summed E-state index contributed by atoms with van der Waals surface area (Å²) in [5.41, 5.74) is 3.02. The predicted octanol–water partition coefficient (Wildman–Crippen LogP) is 4.29. The maximum Gasteiger partial charge on any atom is 0.123 e. The molecule has 1 aromatic heterocycles. The normalized spacial score (nSPS) is 23.7. The van der Waals surface area contributed by atoms with Gasteiger partial charge in [0, 0.05) is 5.57 Å². The monoisotopic (exact) mass is 314 g/mol. The molecule has 0 amide bonds. The van der Waals surface area contributed by atoms with Crippen molar-refractivity contribution in [3.05, 3.63) is 59.9 Å². The zero-order chi connectivity index (χ0) is 16.2. The minimum absolute atomic E-state index is 0.185. The third-order valence-corrected chi connectivity index (χ3v) is 5.00. The Morgan fingerprint density at radius 3 is 2.52 bits per heavy atom. The van der Waals surface area contributed by atoms with Crippen LogP contribution in [0.2, 0.25) is 0 Å². The molecule has 2 N–H and O–H groups in total. The quantitative estimate of drug-likeness (QED) is 0.884. The third kappa shape index (κ3) is 3.53. The second-order valence-electron chi connectivity index (χ2n) is 6.32. The van der Waals surface area contributed by atoms with Gasteiger partial charge in [-0.2, -0.15) is 0 Å². The number of aliphatic hydroxyl groups is 1. The highest BCUT2D eigenvalue weighted by atomic mass is 19.1. The topological polar surface area (TPSA) is 48.9 Å². The van der Waals surface area contributed by atoms with E-state index in [1.54, 1.807) is 12.5 Å². The summed E-state index contributed by atoms with van der Waals surface area (Å²) in [6.45, 7) is 1.95. The number of H-pyrrole nitrogens is 1. The number of nitrogens with one attached hydrogen (secondary N) is 1. The Morgan fingerprint density at radius 1 is 1.26 bits per heavy atom. The molecule has 1 fully saturated rings. The van der Waals surface area contributed by atoms with Crippen LogP contribution in [0.15, 0.2) is 42.9 Å². The number of rotatable bonds is 4. The van der Waals surface area contributed by atoms with Gasteiger partial charge in [0.05, 0.1) is 24.3 Å². The molecule has 1 unspecified atom stereocenters. The van der Waals surface area contributed by atoms with E-state index >= 15 is 0 Å². The van der Waals surface area contributed by atoms with Crippen molar-refractivity contribution in [1.82, 2.24) is 9.97 Å². The van der Waals surface area contributed by atoms with Crippen LogP contribution in [0.1, 0.15) is 49.8 Å². The molecule has 3 nitrogen and oxygen atoms in total. The minimum atomic E-state index is -0.463. The molecule has 1 aliphatic carbocycles. The predicted molar refractivity (Wildman–Crippen MR) is 89.3 cm³/mol. The molecule has 0 saturated heterocycles. The molecule has 0 aliphatic heterocycles. The van der Waals surface area contributed by atoms with Crippen molar-refractivity contribution >= 4 is 5.57 Å². The van der Waals surface area contributed by atoms with Crippen molar-refractivity contribution in [3.8, 4) is 0 Å². The largest absolute Gasteiger partial charge is 0.388 e. The fourth-order valence-electron chi connectivity index (χ4n) is 3.66. The molecular weight excluding hydrogens is 291 g/mol. The summed E-state index contributed by atoms with van der Waals surface area (Å²) in [5, 5.41) is 10.7. The number of halogens is 1. The number of aromatic nitrogens is 2. The summed E-state index contributed by atoms with van der Waals surface area (Å²) in [4.78, 5) is 7.11. The average Bonchev–Trinajstić information content (AvgIpc) is 3.10. The second kappa shape index (κ2) is 7.09. The summed E-state index contributed by atoms with van der Waals surface area (Å²) >= 11 is 0. The van der Waals surface area contributed by atoms with Crippen LogP contribution in [0.25, 0.3) is 5.57 Å². The Hall–Kier alpha value is -1.94. The summed E-state index contributed by atoms with van der Waals surface area (Å²) in [5.74, 6) is 0.552. The van der Waals surface area contributed by atoms with E-state index in [1.165, 1.54) is 17.7 Å². The van der Waals surface area contributed by atoms with Gasteiger partial charge in [0.1, 0.15) is 5.82 Å². The Labute approximate surface area is 136 Å². The van der Waals surface area contributed by atoms with Gasteiger partial charge in [-0.1, -0.05) is 18.2 Å². The first-order chi connectivity index (χ1) is 11.2. The summed E-state index contributed by atoms with van der Waals surface area (Å²) in [7, 11) is 0. The highest BCUT2D eigenvalue weighted by Crippen LogP contribution is 2.39. The highest BCUT2D eigenvalue weighted by Gasteiger charge is 2.29. The van der Waals surface area contributed by atoms with Crippen molar-refractivity contribution < 1.29 is 9.50 Å². The fraction of sp³-hybridized carbons (Fsp3) is 0.421. The minimum Gasteiger partial charge on any atom is -0.388 e. The van der Waals surface area contributed by atoms with Gasteiger partial charge in [-0.15, -0.1) is 0 Å². The van der Waals surface area contributed by atoms with Gasteiger partial charge in [-0.3, -0.25) is 0 Å². The van der Waals surface area contributed by atoms with Crippen LogP contribution in [0, 0.1) is 11.7 Å². The van der Waals surface area contributed by atoms with E-state index in [0.717, 1.165) is 37.0 Å². The molecule has 23 heavy (non-hydrogen) atoms. The molecular formula is C19H23FN2O. The lowest BCUT2D eigenvalue weighted by Gasteiger charge is -2.32. The average molecular weight is 314 g/mol. The van der Waals surface area contributed by atoms with Gasteiger partial charge in [-0.25, -0.2) is 9.37 Å². The highest BCUT2D eigenvalue weighted by molar-refractivity contribution is 5.65. The van der Waals surface area contributed by atoms with Crippen molar-refractivity contribution in [1.29, 1.82) is 0 Å². The molecule has 1 heterocycles. The van der Waals surface area contributed by atoms with E-state index in [9.17, 15) is 9.50 Å². The molecule has 1 aliphatic rings. The van der Waals surface area contributed by atoms with Gasteiger partial charge in [0.25, 0.3) is 0 Å². The fourth-order valence-corrected chi connectivity index (χ4v) is 3.66. The van der Waals surface area contributed by atoms with E-state index in [1.807, 2.05) is 25.1 Å². The number of allylic oxidation sites excluding steroid dienone is 1. The first-order valence-corrected chi connectivity index (χ1v) is 8.27. The van der Waals surface area contributed by atoms with Crippen molar-refractivity contribution in [3.63, 3.8) is 0 Å². The Balaban J connectivity index is 1.63. The van der Waals surface area contributed by atoms with Crippen molar-refractivity contribution in [2.45, 2.75) is 44.6 Å². The van der Waals surface area contributed by atoms with Gasteiger partial charge in [0.2, 0.25) is 0 Å². The SMILES string of the molecule is C/C=C(/c1cnc[nH]1)C(O)C1CCC(c2ccc(F)cc2)CC1. The summed E-state index contributed by atoms with van der Waals surface area (Å²) < 4.78 is 13.0. The maximum absolute atomic E-state index is 13.0. The summed E-state index contributed by atoms with van der Waals surface area (Å²) in [6, 6.07) is 6.84. The van der Waals surface area contributed by atoms with Crippen LogP contribution in [-0.4, -0.2) is 21.2 Å². The molecule has 3 rings (SSSR count). The third-order valence-electron chi connectivity index (χ3n) is 5.00. The summed E-state index contributed by atoms with van der Waals surface area (Å²) in [6.07, 6.45) is 8.92. The molecule has 1 aromatic carbocycles. The molecule has 0 spiro atoms. The van der Waals surface area contributed by atoms with Gasteiger partial charge in [-0.05, 0) is 62.1 Å². The molecule has 4 heteroatoms. The van der Waals surface area contributed by atoms with Crippen LogP contribution >= 0.6 is 0 Å². The number of hydrogen-bond donors (Lipinski definition) is 2. The van der Waals surface area contributed by atoms with Gasteiger partial charge >= 0.3 is 0 Å². The van der Waals surface area contributed by atoms with E-state index in [4.69, 9.17) is 0 Å². The van der Waals surface area contributed by atoms with Crippen molar-refractivity contribution in [2.24, 2.45) is 5.92 Å². The number of hydrogen-bond acceptors (Lipinski definition) is 2. The standard InChI is InChI=1S/C19H23FN2O/c1-2-17(18-11-21-12-22-18)19(23)15-5-3-13(4-6-15)14-7-9-16(20)10-8-14/h2,7-13,15,19,23H,3-6H2,1H3,(H,21,22)/b17-2-. The van der Waals surface area contributed by atoms with E-state index in [0.29, 0.717) is 5.92 Å². The Morgan fingerprint density at radius 2 is 1.96 bits per heavy atom. The van der Waals surface area contributed by atoms with Crippen LogP contribution in [0.4, 0.5) is 4.39 Å². The lowest BCUT2D eigenvalue weighted by atomic mass is 9.75. The molecule has 1 atom stereocenters. The van der Waals surface area contributed by atoms with E-state index < -0.39 is 6.10 Å². The van der Waals surface area contributed by atoms with Crippen molar-refractivity contribution in [2.75, 3.05) is 0 Å². The first-order valence-electron chi connectivity index (χ1n) is 8.27. The van der Waals surface area contributed by atoms with Gasteiger partial charge in [0.15, 0.2) is 0 Å². The molecule has 0 radical (unpaired) electrons. The molecule has 122 valence electrons. The van der Waals surface area contributed by atoms with E-state index in [-0.39, 0.29) is 11.7 Å². The zero-order valence-electron chi connectivity index (χ0n) is 13.4. The van der Waals surface area contributed by atoms with Crippen LogP contribution in [0.3, 0.4) is 0 Å². The number of nitrogens with zero attached hydrogens (tertiary/aromatic N) is 1. The Kier molecular flexibility index (Phi) is 4.91. The number of aromatic amines is 1. The molecule has 0 bridgehead atoms. The Bertz CT molecular complexity index is 641. The first kappa shape index (κ1) is 15.9. The number of benzene rings is 1. The lowest BCUT2D eigenvalue weighted by molar-refractivity contribution is 0.127. The van der Waals surface area contributed by atoms with Crippen LogP contribution < -0.4 is 0 Å². The molecule has 2 aromatic rings. The van der Waals surface area contributed by atoms with Crippen LogP contribution in [-0.2, 0) is 0 Å². The number of aliphatic hydroxyl groups excluding tert-OH is 1. The van der Waals surface area contributed by atoms with Crippen LogP contribution in [0.5, 0.6) is 0 Å².